The molecule has 0 saturated carbocycles. The van der Waals surface area contributed by atoms with E-state index in [0.29, 0.717) is 11.3 Å². The van der Waals surface area contributed by atoms with Gasteiger partial charge in [-0.05, 0) is 34.7 Å². The summed E-state index contributed by atoms with van der Waals surface area (Å²) in [5, 5.41) is 21.8. The van der Waals surface area contributed by atoms with Gasteiger partial charge in [-0.2, -0.15) is 8.99 Å². The lowest BCUT2D eigenvalue weighted by Gasteiger charge is -2.34. The highest BCUT2D eigenvalue weighted by Crippen LogP contribution is 2.22. The van der Waals surface area contributed by atoms with Crippen LogP contribution in [-0.4, -0.2) is 74.8 Å². The van der Waals surface area contributed by atoms with E-state index in [1.54, 1.807) is 29.2 Å². The molecule has 1 aromatic heterocycles. The highest BCUT2D eigenvalue weighted by molar-refractivity contribution is 7.89. The second-order valence-electron chi connectivity index (χ2n) is 6.72. The van der Waals surface area contributed by atoms with E-state index in [9.17, 15) is 23.3 Å². The standard InChI is InChI=1S/C18H17N7O5S/c26-18(16-3-1-2-4-17(16)24-13-19-20-21-24)22-9-11-23(12-10-22)31(29,30)15-7-5-14(6-8-15)25(27)28/h1-8,13H,9-12H2. The van der Waals surface area contributed by atoms with Gasteiger partial charge in [-0.3, -0.25) is 14.9 Å². The Kier molecular flexibility index (Phi) is 5.44. The zero-order valence-electron chi connectivity index (χ0n) is 16.1. The zero-order chi connectivity index (χ0) is 22.0. The first kappa shape index (κ1) is 20.6. The number of sulfonamides is 1. The number of aromatic nitrogens is 4. The molecule has 1 fully saturated rings. The zero-order valence-corrected chi connectivity index (χ0v) is 16.9. The third kappa shape index (κ3) is 4.00. The number of hydrogen-bond acceptors (Lipinski definition) is 8. The Labute approximate surface area is 176 Å². The number of amides is 1. The van der Waals surface area contributed by atoms with Crippen molar-refractivity contribution in [3.8, 4) is 5.69 Å². The molecular formula is C18H17N7O5S. The molecule has 160 valence electrons. The molecule has 1 aliphatic rings. The van der Waals surface area contributed by atoms with Crippen molar-refractivity contribution in [3.63, 3.8) is 0 Å². The summed E-state index contributed by atoms with van der Waals surface area (Å²) >= 11 is 0. The van der Waals surface area contributed by atoms with E-state index in [0.717, 1.165) is 12.1 Å². The maximum Gasteiger partial charge on any atom is 0.269 e. The fourth-order valence-electron chi connectivity index (χ4n) is 3.32. The van der Waals surface area contributed by atoms with Gasteiger partial charge in [0.1, 0.15) is 6.33 Å². The number of tetrazole rings is 1. The number of non-ortho nitro benzene ring substituents is 1. The van der Waals surface area contributed by atoms with E-state index < -0.39 is 14.9 Å². The molecule has 0 radical (unpaired) electrons. The van der Waals surface area contributed by atoms with Crippen molar-refractivity contribution in [1.82, 2.24) is 29.4 Å². The van der Waals surface area contributed by atoms with Gasteiger partial charge in [0, 0.05) is 38.3 Å². The topological polar surface area (TPSA) is 144 Å². The molecule has 2 heterocycles. The number of nitro benzene ring substituents is 1. The summed E-state index contributed by atoms with van der Waals surface area (Å²) in [6.45, 7) is 0.625. The van der Waals surface area contributed by atoms with Crippen LogP contribution in [0, 0.1) is 10.1 Å². The van der Waals surface area contributed by atoms with Gasteiger partial charge in [-0.15, -0.1) is 5.10 Å². The van der Waals surface area contributed by atoms with Crippen LogP contribution >= 0.6 is 0 Å². The van der Waals surface area contributed by atoms with Crippen LogP contribution in [0.4, 0.5) is 5.69 Å². The Bertz CT molecular complexity index is 1200. The first-order valence-electron chi connectivity index (χ1n) is 9.24. The van der Waals surface area contributed by atoms with Crippen molar-refractivity contribution in [1.29, 1.82) is 0 Å². The van der Waals surface area contributed by atoms with E-state index in [4.69, 9.17) is 0 Å². The lowest BCUT2D eigenvalue weighted by Crippen LogP contribution is -2.50. The molecule has 4 rings (SSSR count). The smallest absolute Gasteiger partial charge is 0.269 e. The molecular weight excluding hydrogens is 426 g/mol. The first-order valence-corrected chi connectivity index (χ1v) is 10.7. The number of carbonyl (C=O) groups excluding carboxylic acids is 1. The summed E-state index contributed by atoms with van der Waals surface area (Å²) in [5.41, 5.74) is 0.746. The van der Waals surface area contributed by atoms with Gasteiger partial charge in [-0.1, -0.05) is 12.1 Å². The number of nitrogens with zero attached hydrogens (tertiary/aromatic N) is 7. The van der Waals surface area contributed by atoms with E-state index in [-0.39, 0.29) is 42.7 Å². The lowest BCUT2D eigenvalue weighted by molar-refractivity contribution is -0.384. The van der Waals surface area contributed by atoms with Crippen LogP contribution in [0.3, 0.4) is 0 Å². The number of carbonyl (C=O) groups is 1. The molecule has 0 unspecified atom stereocenters. The molecule has 3 aromatic rings. The molecule has 1 amide bonds. The predicted molar refractivity (Wildman–Crippen MR) is 107 cm³/mol. The Morgan fingerprint density at radius 2 is 1.68 bits per heavy atom. The SMILES string of the molecule is O=C(c1ccccc1-n1cnnn1)N1CCN(S(=O)(=O)c2ccc([N+](=O)[O-])cc2)CC1. The van der Waals surface area contributed by atoms with E-state index in [1.807, 2.05) is 0 Å². The maximum absolute atomic E-state index is 13.1. The number of benzene rings is 2. The van der Waals surface area contributed by atoms with Crippen LogP contribution in [0.2, 0.25) is 0 Å². The van der Waals surface area contributed by atoms with Crippen molar-refractivity contribution in [2.24, 2.45) is 0 Å². The fourth-order valence-corrected chi connectivity index (χ4v) is 4.74. The minimum atomic E-state index is -3.82. The van der Waals surface area contributed by atoms with E-state index in [1.165, 1.54) is 27.4 Å². The number of nitro groups is 1. The maximum atomic E-state index is 13.1. The van der Waals surface area contributed by atoms with Crippen molar-refractivity contribution < 1.29 is 18.1 Å². The number of para-hydroxylation sites is 1. The minimum Gasteiger partial charge on any atom is -0.336 e. The minimum absolute atomic E-state index is 0.0260. The van der Waals surface area contributed by atoms with Crippen LogP contribution in [0.15, 0.2) is 59.8 Å². The molecule has 2 aromatic carbocycles. The van der Waals surface area contributed by atoms with Gasteiger partial charge in [-0.25, -0.2) is 8.42 Å². The highest BCUT2D eigenvalue weighted by atomic mass is 32.2. The first-order chi connectivity index (χ1) is 14.9. The van der Waals surface area contributed by atoms with E-state index >= 15 is 0 Å². The average molecular weight is 443 g/mol. The Morgan fingerprint density at radius 1 is 1.00 bits per heavy atom. The average Bonchev–Trinajstić information content (AvgIpc) is 3.33. The molecule has 12 nitrogen and oxygen atoms in total. The van der Waals surface area contributed by atoms with Gasteiger partial charge >= 0.3 is 0 Å². The summed E-state index contributed by atoms with van der Waals surface area (Å²) < 4.78 is 28.4. The van der Waals surface area contributed by atoms with Gasteiger partial charge in [0.2, 0.25) is 10.0 Å². The Balaban J connectivity index is 1.48. The summed E-state index contributed by atoms with van der Waals surface area (Å²) in [6, 6.07) is 11.6. The number of rotatable bonds is 5. The van der Waals surface area contributed by atoms with Crippen molar-refractivity contribution in [2.75, 3.05) is 26.2 Å². The van der Waals surface area contributed by atoms with Crippen molar-refractivity contribution in [3.05, 3.63) is 70.5 Å². The fraction of sp³-hybridized carbons (Fsp3) is 0.222. The predicted octanol–water partition coefficient (Wildman–Crippen LogP) is 0.717. The molecule has 1 aliphatic heterocycles. The molecule has 0 bridgehead atoms. The second-order valence-corrected chi connectivity index (χ2v) is 8.66. The summed E-state index contributed by atoms with van der Waals surface area (Å²) in [6.07, 6.45) is 1.39. The van der Waals surface area contributed by atoms with Crippen LogP contribution in [0.5, 0.6) is 0 Å². The molecule has 0 spiro atoms. The summed E-state index contributed by atoms with van der Waals surface area (Å²) in [7, 11) is -3.82. The van der Waals surface area contributed by atoms with E-state index in [2.05, 4.69) is 15.5 Å². The molecule has 31 heavy (non-hydrogen) atoms. The third-order valence-corrected chi connectivity index (χ3v) is 6.85. The second kappa shape index (κ2) is 8.20. The van der Waals surface area contributed by atoms with Crippen LogP contribution in [-0.2, 0) is 10.0 Å². The quantitative estimate of drug-likeness (QED) is 0.414. The summed E-state index contributed by atoms with van der Waals surface area (Å²) in [5.74, 6) is -0.251. The number of hydrogen-bond donors (Lipinski definition) is 0. The Hall–Kier alpha value is -3.71. The molecule has 0 atom stereocenters. The summed E-state index contributed by atoms with van der Waals surface area (Å²) in [4.78, 5) is 24.8. The third-order valence-electron chi connectivity index (χ3n) is 4.94. The monoisotopic (exact) mass is 443 g/mol. The van der Waals surface area contributed by atoms with Gasteiger partial charge in [0.15, 0.2) is 0 Å². The molecule has 0 aliphatic carbocycles. The van der Waals surface area contributed by atoms with Crippen LogP contribution < -0.4 is 0 Å². The lowest BCUT2D eigenvalue weighted by atomic mass is 10.1. The van der Waals surface area contributed by atoms with Gasteiger partial charge in [0.25, 0.3) is 11.6 Å². The normalized spacial score (nSPS) is 15.0. The van der Waals surface area contributed by atoms with Gasteiger partial charge in [0.05, 0.1) is 21.1 Å². The van der Waals surface area contributed by atoms with Gasteiger partial charge < -0.3 is 4.90 Å². The highest BCUT2D eigenvalue weighted by Gasteiger charge is 2.31. The van der Waals surface area contributed by atoms with Crippen molar-refractivity contribution in [2.45, 2.75) is 4.90 Å². The molecule has 0 N–H and O–H groups in total. The van der Waals surface area contributed by atoms with Crippen LogP contribution in [0.25, 0.3) is 5.69 Å². The molecule has 13 heteroatoms. The largest absolute Gasteiger partial charge is 0.336 e. The number of piperazine rings is 1. The molecule has 1 saturated heterocycles. The van der Waals surface area contributed by atoms with Crippen molar-refractivity contribution >= 4 is 21.6 Å². The Morgan fingerprint density at radius 3 is 2.29 bits per heavy atom. The van der Waals surface area contributed by atoms with Crippen LogP contribution in [0.1, 0.15) is 10.4 Å².